The number of allylic oxidation sites excluding steroid dienone is 2. The van der Waals surface area contributed by atoms with Crippen molar-refractivity contribution in [3.63, 3.8) is 0 Å². The summed E-state index contributed by atoms with van der Waals surface area (Å²) in [6.07, 6.45) is 9.39. The Hall–Kier alpha value is -3.05. The molecule has 1 aromatic heterocycles. The average Bonchev–Trinajstić information content (AvgIpc) is 3.41. The highest BCUT2D eigenvalue weighted by Gasteiger charge is 2.52. The minimum absolute atomic E-state index is 0.0685. The quantitative estimate of drug-likeness (QED) is 0.280. The number of amides is 2. The molecule has 0 saturated carbocycles. The van der Waals surface area contributed by atoms with Crippen LogP contribution >= 0.6 is 0 Å². The van der Waals surface area contributed by atoms with Gasteiger partial charge in [0.1, 0.15) is 5.71 Å². The van der Waals surface area contributed by atoms with E-state index in [9.17, 15) is 14.8 Å². The number of hydroxylamine groups is 2. The van der Waals surface area contributed by atoms with Gasteiger partial charge in [-0.3, -0.25) is 9.59 Å². The standard InChI is InChI=1S/C32H47BF2N5O3/c1-21(2)16-24(10-9-11-29(41)37-25-19-31(5,6)40(43)32(7,8)20-25)36-30(42)15-14-26-12-13-27-18-28-22(3)17-23(4)38(28)33(34,35)39(26)27/h9-10,12-13,17-18,21,24-25H,11,14-16,19-20H2,1-8H3,(H,36,42)(H,37,41)/b10-9+/t24-/m1/s1. The average molecular weight is 599 g/mol. The van der Waals surface area contributed by atoms with Gasteiger partial charge in [0, 0.05) is 66.3 Å². The van der Waals surface area contributed by atoms with Crippen molar-refractivity contribution in [2.75, 3.05) is 0 Å². The topological polar surface area (TPSA) is 89.3 Å². The SMILES string of the molecule is CC1=CC(C)=[N+]2C1=Cc1ccc(CCC(=O)N[C@H](/C=C/CC(=O)NC3CC(C)(C)N([O])C(C)(C)C3)CC(C)C)n1[B-]2(F)F. The predicted octanol–water partition coefficient (Wildman–Crippen LogP) is 5.39. The number of hydrogen-bond donors (Lipinski definition) is 2. The Bertz CT molecular complexity index is 1370. The Morgan fingerprint density at radius 2 is 1.74 bits per heavy atom. The van der Waals surface area contributed by atoms with Crippen molar-refractivity contribution >= 4 is 30.6 Å². The van der Waals surface area contributed by atoms with Gasteiger partial charge in [0.05, 0.1) is 0 Å². The number of halogens is 2. The van der Waals surface area contributed by atoms with E-state index < -0.39 is 18.0 Å². The Morgan fingerprint density at radius 3 is 2.37 bits per heavy atom. The fraction of sp³-hybridized carbons (Fsp3) is 0.594. The largest absolute Gasteiger partial charge is 0.737 e. The number of hydrogen-bond acceptors (Lipinski definition) is 3. The first-order chi connectivity index (χ1) is 19.9. The van der Waals surface area contributed by atoms with Gasteiger partial charge in [-0.15, -0.1) is 10.3 Å². The van der Waals surface area contributed by atoms with Crippen LogP contribution in [0.4, 0.5) is 8.63 Å². The summed E-state index contributed by atoms with van der Waals surface area (Å²) in [5, 5.41) is 19.8. The van der Waals surface area contributed by atoms with Crippen LogP contribution in [0.5, 0.6) is 0 Å². The van der Waals surface area contributed by atoms with Gasteiger partial charge >= 0.3 is 6.97 Å². The van der Waals surface area contributed by atoms with Crippen molar-refractivity contribution in [1.82, 2.24) is 20.2 Å². The number of carbonyl (C=O) groups is 2. The minimum atomic E-state index is -4.06. The van der Waals surface area contributed by atoms with E-state index >= 15 is 8.63 Å². The van der Waals surface area contributed by atoms with Gasteiger partial charge in [-0.2, -0.15) is 0 Å². The molecule has 2 N–H and O–H groups in total. The molecule has 1 radical (unpaired) electrons. The summed E-state index contributed by atoms with van der Waals surface area (Å²) in [6, 6.07) is 3.00. The summed E-state index contributed by atoms with van der Waals surface area (Å²) in [4.78, 5) is 25.7. The predicted molar refractivity (Wildman–Crippen MR) is 166 cm³/mol. The normalized spacial score (nSPS) is 21.9. The van der Waals surface area contributed by atoms with Crippen molar-refractivity contribution in [2.24, 2.45) is 5.92 Å². The molecule has 1 atom stereocenters. The number of aromatic nitrogens is 1. The van der Waals surface area contributed by atoms with Gasteiger partial charge in [0.25, 0.3) is 0 Å². The summed E-state index contributed by atoms with van der Waals surface area (Å²) in [7, 11) is 0. The minimum Gasteiger partial charge on any atom is -0.394 e. The lowest BCUT2D eigenvalue weighted by Gasteiger charge is -2.50. The van der Waals surface area contributed by atoms with Gasteiger partial charge < -0.3 is 28.2 Å². The van der Waals surface area contributed by atoms with Crippen molar-refractivity contribution in [2.45, 2.75) is 117 Å². The molecule has 3 aliphatic rings. The van der Waals surface area contributed by atoms with Crippen molar-refractivity contribution in [3.05, 3.63) is 53.0 Å². The molecular weight excluding hydrogens is 551 g/mol. The van der Waals surface area contributed by atoms with Crippen molar-refractivity contribution in [3.8, 4) is 0 Å². The third-order valence-electron chi connectivity index (χ3n) is 8.72. The Labute approximate surface area is 254 Å². The van der Waals surface area contributed by atoms with E-state index in [1.807, 2.05) is 40.7 Å². The number of rotatable bonds is 10. The molecule has 11 heteroatoms. The first-order valence-corrected chi connectivity index (χ1v) is 15.4. The summed E-state index contributed by atoms with van der Waals surface area (Å²) in [6.45, 7) is 11.2. The van der Waals surface area contributed by atoms with Gasteiger partial charge in [0.15, 0.2) is 5.70 Å². The molecule has 0 bridgehead atoms. The fourth-order valence-corrected chi connectivity index (χ4v) is 7.10. The maximum Gasteiger partial charge on any atom is 0.737 e. The van der Waals surface area contributed by atoms with Crippen LogP contribution in [0.1, 0.15) is 98.9 Å². The molecule has 0 unspecified atom stereocenters. The van der Waals surface area contributed by atoms with E-state index in [0.717, 1.165) is 19.6 Å². The second-order valence-corrected chi connectivity index (χ2v) is 14.1. The van der Waals surface area contributed by atoms with Gasteiger partial charge in [-0.05, 0) is 84.0 Å². The molecule has 4 rings (SSSR count). The first-order valence-electron chi connectivity index (χ1n) is 15.4. The summed E-state index contributed by atoms with van der Waals surface area (Å²) < 4.78 is 33.6. The van der Waals surface area contributed by atoms with Crippen LogP contribution < -0.4 is 10.6 Å². The number of fused-ring (bicyclic) bond motifs is 2. The van der Waals surface area contributed by atoms with Crippen molar-refractivity contribution in [1.29, 1.82) is 0 Å². The highest BCUT2D eigenvalue weighted by atomic mass is 19.2. The van der Waals surface area contributed by atoms with Gasteiger partial charge in [-0.25, -0.2) is 0 Å². The van der Waals surface area contributed by atoms with E-state index in [4.69, 9.17) is 0 Å². The molecule has 3 aliphatic heterocycles. The molecule has 1 saturated heterocycles. The lowest BCUT2D eigenvalue weighted by atomic mass is 9.79. The van der Waals surface area contributed by atoms with Gasteiger partial charge in [0.2, 0.25) is 11.8 Å². The smallest absolute Gasteiger partial charge is 0.394 e. The molecule has 8 nitrogen and oxygen atoms in total. The molecule has 1 fully saturated rings. The number of nitrogens with one attached hydrogen (secondary N) is 2. The molecule has 43 heavy (non-hydrogen) atoms. The monoisotopic (exact) mass is 598 g/mol. The van der Waals surface area contributed by atoms with Crippen LogP contribution in [-0.2, 0) is 21.2 Å². The molecule has 1 aromatic rings. The van der Waals surface area contributed by atoms with Crippen LogP contribution in [0.2, 0.25) is 0 Å². The lowest BCUT2D eigenvalue weighted by molar-refractivity contribution is -0.362. The van der Waals surface area contributed by atoms with E-state index in [0.29, 0.717) is 48.0 Å². The zero-order valence-electron chi connectivity index (χ0n) is 26.8. The van der Waals surface area contributed by atoms with E-state index in [-0.39, 0.29) is 43.2 Å². The van der Waals surface area contributed by atoms with Crippen molar-refractivity contribution < 1.29 is 27.9 Å². The highest BCUT2D eigenvalue weighted by molar-refractivity contribution is 6.58. The Kier molecular flexibility index (Phi) is 9.29. The molecular formula is C32H47BF2N5O3. The third-order valence-corrected chi connectivity index (χ3v) is 8.72. The summed E-state index contributed by atoms with van der Waals surface area (Å²) >= 11 is 0. The summed E-state index contributed by atoms with van der Waals surface area (Å²) in [5.41, 5.74) is 1.57. The van der Waals surface area contributed by atoms with Crippen LogP contribution in [0.3, 0.4) is 0 Å². The van der Waals surface area contributed by atoms with E-state index in [2.05, 4.69) is 24.5 Å². The third kappa shape index (κ3) is 7.04. The number of carbonyl (C=O) groups excluding carboxylic acids is 2. The van der Waals surface area contributed by atoms with E-state index in [1.54, 1.807) is 37.3 Å². The van der Waals surface area contributed by atoms with Crippen LogP contribution in [0.15, 0.2) is 41.6 Å². The molecule has 0 aromatic carbocycles. The Morgan fingerprint density at radius 1 is 1.09 bits per heavy atom. The lowest BCUT2D eigenvalue weighted by Crippen LogP contribution is -2.62. The summed E-state index contributed by atoms with van der Waals surface area (Å²) in [5.74, 6) is -0.0632. The first kappa shape index (κ1) is 32.9. The van der Waals surface area contributed by atoms with Crippen LogP contribution in [0, 0.1) is 5.92 Å². The highest BCUT2D eigenvalue weighted by Crippen LogP contribution is 2.37. The zero-order chi connectivity index (χ0) is 31.9. The fourth-order valence-electron chi connectivity index (χ4n) is 7.10. The number of piperidine rings is 1. The number of aryl methyl sites for hydroxylation is 1. The second-order valence-electron chi connectivity index (χ2n) is 14.1. The maximum atomic E-state index is 15.7. The number of nitrogens with zero attached hydrogens (tertiary/aromatic N) is 3. The molecule has 4 heterocycles. The molecule has 0 spiro atoms. The zero-order valence-corrected chi connectivity index (χ0v) is 26.8. The molecule has 0 aliphatic carbocycles. The van der Waals surface area contributed by atoms with Gasteiger partial charge in [-0.1, -0.05) is 26.0 Å². The van der Waals surface area contributed by atoms with Crippen LogP contribution in [0.25, 0.3) is 6.08 Å². The van der Waals surface area contributed by atoms with E-state index in [1.165, 1.54) is 0 Å². The second kappa shape index (κ2) is 12.2. The molecule has 2 amide bonds. The Balaban J connectivity index is 1.34. The van der Waals surface area contributed by atoms with Crippen LogP contribution in [-0.4, -0.2) is 61.7 Å². The maximum absolute atomic E-state index is 15.7. The molecule has 235 valence electrons.